The molecule has 0 fully saturated rings. The van der Waals surface area contributed by atoms with E-state index in [2.05, 4.69) is 62.4 Å². The summed E-state index contributed by atoms with van der Waals surface area (Å²) in [6.07, 6.45) is 0. The van der Waals surface area contributed by atoms with Crippen LogP contribution in [0.4, 0.5) is 5.69 Å². The van der Waals surface area contributed by atoms with E-state index in [1.54, 1.807) is 0 Å². The van der Waals surface area contributed by atoms with Crippen molar-refractivity contribution in [3.8, 4) is 0 Å². The van der Waals surface area contributed by atoms with Crippen LogP contribution >= 0.6 is 0 Å². The van der Waals surface area contributed by atoms with Gasteiger partial charge in [-0.3, -0.25) is 0 Å². The molecule has 0 bridgehead atoms. The summed E-state index contributed by atoms with van der Waals surface area (Å²) < 4.78 is 0. The van der Waals surface area contributed by atoms with E-state index in [0.717, 1.165) is 13.1 Å². The maximum atomic E-state index is 3.48. The van der Waals surface area contributed by atoms with Crippen LogP contribution in [0.5, 0.6) is 0 Å². The Morgan fingerprint density at radius 2 is 1.87 bits per heavy atom. The van der Waals surface area contributed by atoms with Crippen LogP contribution in [-0.4, -0.2) is 32.1 Å². The molecular weight excluding hydrogens is 184 g/mol. The van der Waals surface area contributed by atoms with Gasteiger partial charge in [-0.25, -0.2) is 0 Å². The van der Waals surface area contributed by atoms with Crippen LogP contribution in [-0.2, 0) is 0 Å². The second-order valence-electron chi connectivity index (χ2n) is 4.47. The predicted molar refractivity (Wildman–Crippen MR) is 67.6 cm³/mol. The lowest BCUT2D eigenvalue weighted by molar-refractivity contribution is 0.425. The lowest BCUT2D eigenvalue weighted by atomic mass is 10.0. The first kappa shape index (κ1) is 12.1. The summed E-state index contributed by atoms with van der Waals surface area (Å²) in [6.45, 7) is 6.52. The van der Waals surface area contributed by atoms with Crippen LogP contribution < -0.4 is 5.32 Å². The zero-order valence-corrected chi connectivity index (χ0v) is 10.2. The molecule has 0 saturated carbocycles. The third kappa shape index (κ3) is 3.92. The van der Waals surface area contributed by atoms with E-state index in [1.807, 2.05) is 0 Å². The van der Waals surface area contributed by atoms with Gasteiger partial charge >= 0.3 is 0 Å². The topological polar surface area (TPSA) is 15.3 Å². The largest absolute Gasteiger partial charge is 0.384 e. The molecule has 0 aromatic heterocycles. The number of rotatable bonds is 5. The molecule has 0 aliphatic heterocycles. The van der Waals surface area contributed by atoms with E-state index in [4.69, 9.17) is 0 Å². The van der Waals surface area contributed by atoms with E-state index in [9.17, 15) is 0 Å². The van der Waals surface area contributed by atoms with Gasteiger partial charge in [-0.2, -0.15) is 0 Å². The highest BCUT2D eigenvalue weighted by Crippen LogP contribution is 2.23. The summed E-state index contributed by atoms with van der Waals surface area (Å²) in [4.78, 5) is 2.19. The van der Waals surface area contributed by atoms with Gasteiger partial charge in [0.2, 0.25) is 0 Å². The molecule has 0 heterocycles. The Balaban J connectivity index is 2.59. The first-order chi connectivity index (χ1) is 7.11. The van der Waals surface area contributed by atoms with E-state index in [1.165, 1.54) is 11.3 Å². The minimum atomic E-state index is 0.577. The summed E-state index contributed by atoms with van der Waals surface area (Å²) in [6, 6.07) is 8.55. The van der Waals surface area contributed by atoms with Crippen molar-refractivity contribution in [1.82, 2.24) is 4.90 Å². The average Bonchev–Trinajstić information content (AvgIpc) is 2.17. The SMILES string of the molecule is CC(C)c1ccccc1NCCN(C)C. The highest BCUT2D eigenvalue weighted by Gasteiger charge is 2.04. The Morgan fingerprint density at radius 3 is 2.47 bits per heavy atom. The van der Waals surface area contributed by atoms with Crippen molar-refractivity contribution in [2.45, 2.75) is 19.8 Å². The fourth-order valence-electron chi connectivity index (χ4n) is 1.58. The van der Waals surface area contributed by atoms with E-state index >= 15 is 0 Å². The number of para-hydroxylation sites is 1. The van der Waals surface area contributed by atoms with Crippen molar-refractivity contribution in [3.05, 3.63) is 29.8 Å². The summed E-state index contributed by atoms with van der Waals surface area (Å²) in [5.41, 5.74) is 2.67. The highest BCUT2D eigenvalue weighted by molar-refractivity contribution is 5.52. The molecule has 0 amide bonds. The zero-order chi connectivity index (χ0) is 11.3. The number of anilines is 1. The van der Waals surface area contributed by atoms with Crippen LogP contribution in [0.15, 0.2) is 24.3 Å². The second kappa shape index (κ2) is 5.76. The lowest BCUT2D eigenvalue weighted by Crippen LogP contribution is -2.21. The van der Waals surface area contributed by atoms with Gasteiger partial charge in [-0.05, 0) is 31.6 Å². The number of likely N-dealkylation sites (N-methyl/N-ethyl adjacent to an activating group) is 1. The monoisotopic (exact) mass is 206 g/mol. The van der Waals surface area contributed by atoms with Crippen LogP contribution in [0, 0.1) is 0 Å². The van der Waals surface area contributed by atoms with Gasteiger partial charge in [0.25, 0.3) is 0 Å². The normalized spacial score (nSPS) is 11.1. The van der Waals surface area contributed by atoms with E-state index < -0.39 is 0 Å². The van der Waals surface area contributed by atoms with Gasteiger partial charge in [0.15, 0.2) is 0 Å². The third-order valence-electron chi connectivity index (χ3n) is 2.46. The van der Waals surface area contributed by atoms with Gasteiger partial charge in [-0.1, -0.05) is 32.0 Å². The van der Waals surface area contributed by atoms with Crippen LogP contribution in [0.2, 0.25) is 0 Å². The molecule has 0 spiro atoms. The fraction of sp³-hybridized carbons (Fsp3) is 0.538. The van der Waals surface area contributed by atoms with Crippen molar-refractivity contribution in [2.75, 3.05) is 32.5 Å². The van der Waals surface area contributed by atoms with Gasteiger partial charge in [0.1, 0.15) is 0 Å². The molecule has 84 valence electrons. The minimum absolute atomic E-state index is 0.577. The van der Waals surface area contributed by atoms with Gasteiger partial charge < -0.3 is 10.2 Å². The molecular formula is C13H22N2. The zero-order valence-electron chi connectivity index (χ0n) is 10.2. The molecule has 0 aliphatic carbocycles. The molecule has 0 aliphatic rings. The number of hydrogen-bond donors (Lipinski definition) is 1. The van der Waals surface area contributed by atoms with E-state index in [0.29, 0.717) is 5.92 Å². The van der Waals surface area contributed by atoms with Crippen molar-refractivity contribution in [2.24, 2.45) is 0 Å². The molecule has 0 saturated heterocycles. The Labute approximate surface area is 93.3 Å². The highest BCUT2D eigenvalue weighted by atomic mass is 15.1. The molecule has 0 unspecified atom stereocenters. The number of nitrogens with one attached hydrogen (secondary N) is 1. The smallest absolute Gasteiger partial charge is 0.0375 e. The molecule has 0 radical (unpaired) electrons. The number of hydrogen-bond acceptors (Lipinski definition) is 2. The number of nitrogens with zero attached hydrogens (tertiary/aromatic N) is 1. The van der Waals surface area contributed by atoms with Crippen LogP contribution in [0.25, 0.3) is 0 Å². The average molecular weight is 206 g/mol. The Hall–Kier alpha value is -1.02. The van der Waals surface area contributed by atoms with Crippen molar-refractivity contribution in [3.63, 3.8) is 0 Å². The minimum Gasteiger partial charge on any atom is -0.384 e. The van der Waals surface area contributed by atoms with Crippen molar-refractivity contribution >= 4 is 5.69 Å². The van der Waals surface area contributed by atoms with Gasteiger partial charge in [0, 0.05) is 18.8 Å². The first-order valence-corrected chi connectivity index (χ1v) is 5.58. The fourth-order valence-corrected chi connectivity index (χ4v) is 1.58. The quantitative estimate of drug-likeness (QED) is 0.797. The molecule has 15 heavy (non-hydrogen) atoms. The third-order valence-corrected chi connectivity index (χ3v) is 2.46. The Morgan fingerprint density at radius 1 is 1.20 bits per heavy atom. The summed E-state index contributed by atoms with van der Waals surface area (Å²) in [5.74, 6) is 0.577. The summed E-state index contributed by atoms with van der Waals surface area (Å²) in [5, 5.41) is 3.48. The molecule has 2 heteroatoms. The summed E-state index contributed by atoms with van der Waals surface area (Å²) >= 11 is 0. The lowest BCUT2D eigenvalue weighted by Gasteiger charge is -2.16. The number of benzene rings is 1. The van der Waals surface area contributed by atoms with E-state index in [-0.39, 0.29) is 0 Å². The van der Waals surface area contributed by atoms with Gasteiger partial charge in [-0.15, -0.1) is 0 Å². The molecule has 2 nitrogen and oxygen atoms in total. The molecule has 1 N–H and O–H groups in total. The Kier molecular flexibility index (Phi) is 4.63. The standard InChI is InChI=1S/C13H22N2/c1-11(2)12-7-5-6-8-13(12)14-9-10-15(3)4/h5-8,11,14H,9-10H2,1-4H3. The maximum Gasteiger partial charge on any atom is 0.0375 e. The predicted octanol–water partition coefficient (Wildman–Crippen LogP) is 2.78. The maximum absolute atomic E-state index is 3.48. The second-order valence-corrected chi connectivity index (χ2v) is 4.47. The molecule has 1 rings (SSSR count). The Bertz CT molecular complexity index is 292. The summed E-state index contributed by atoms with van der Waals surface area (Å²) in [7, 11) is 4.19. The van der Waals surface area contributed by atoms with Gasteiger partial charge in [0.05, 0.1) is 0 Å². The molecule has 1 aromatic rings. The first-order valence-electron chi connectivity index (χ1n) is 5.58. The van der Waals surface area contributed by atoms with Crippen LogP contribution in [0.3, 0.4) is 0 Å². The molecule has 1 aromatic carbocycles. The van der Waals surface area contributed by atoms with Crippen molar-refractivity contribution in [1.29, 1.82) is 0 Å². The van der Waals surface area contributed by atoms with Crippen molar-refractivity contribution < 1.29 is 0 Å². The van der Waals surface area contributed by atoms with Crippen LogP contribution in [0.1, 0.15) is 25.3 Å². The molecule has 0 atom stereocenters.